The summed E-state index contributed by atoms with van der Waals surface area (Å²) in [5.74, 6) is 0.509. The first-order valence-electron chi connectivity index (χ1n) is 12.2. The van der Waals surface area contributed by atoms with E-state index in [9.17, 15) is 9.59 Å². The fourth-order valence-electron chi connectivity index (χ4n) is 3.80. The first-order chi connectivity index (χ1) is 18.2. The fourth-order valence-corrected chi connectivity index (χ4v) is 5.79. The molecule has 0 saturated heterocycles. The first-order valence-corrected chi connectivity index (χ1v) is 14.9. The molecule has 0 unspecified atom stereocenters. The largest absolute Gasteiger partial charge is 0.354 e. The number of nitrogens with one attached hydrogen (secondary N) is 1. The highest BCUT2D eigenvalue weighted by Gasteiger charge is 2.31. The van der Waals surface area contributed by atoms with Crippen molar-refractivity contribution in [2.45, 2.75) is 38.6 Å². The molecule has 0 spiro atoms. The summed E-state index contributed by atoms with van der Waals surface area (Å²) in [4.78, 5) is 28.9. The second-order valence-electron chi connectivity index (χ2n) is 9.29. The van der Waals surface area contributed by atoms with Crippen LogP contribution in [-0.2, 0) is 28.3 Å². The number of hydrogen-bond donors (Lipinski definition) is 1. The van der Waals surface area contributed by atoms with Gasteiger partial charge in [-0.05, 0) is 41.3 Å². The number of nitrogens with zero attached hydrogens (tertiary/aromatic N) is 1. The molecule has 9 heteroatoms. The average Bonchev–Trinajstić information content (AvgIpc) is 2.88. The summed E-state index contributed by atoms with van der Waals surface area (Å²) < 4.78 is 0. The third-order valence-electron chi connectivity index (χ3n) is 5.84. The third kappa shape index (κ3) is 9.10. The van der Waals surface area contributed by atoms with Crippen molar-refractivity contribution in [2.75, 3.05) is 12.3 Å². The van der Waals surface area contributed by atoms with E-state index in [0.717, 1.165) is 11.1 Å². The van der Waals surface area contributed by atoms with Crippen LogP contribution >= 0.6 is 58.2 Å². The van der Waals surface area contributed by atoms with E-state index in [2.05, 4.69) is 5.32 Å². The Bertz CT molecular complexity index is 1220. The molecule has 3 aromatic carbocycles. The van der Waals surface area contributed by atoms with Crippen molar-refractivity contribution in [2.24, 2.45) is 5.92 Å². The Balaban J connectivity index is 1.89. The molecule has 0 aromatic heterocycles. The summed E-state index contributed by atoms with van der Waals surface area (Å²) in [5.41, 5.74) is 2.43. The van der Waals surface area contributed by atoms with Crippen LogP contribution in [0.2, 0.25) is 20.1 Å². The van der Waals surface area contributed by atoms with Crippen LogP contribution in [0.25, 0.3) is 0 Å². The van der Waals surface area contributed by atoms with Crippen LogP contribution in [0.3, 0.4) is 0 Å². The molecule has 38 heavy (non-hydrogen) atoms. The Kier molecular flexibility index (Phi) is 12.1. The van der Waals surface area contributed by atoms with Gasteiger partial charge in [-0.1, -0.05) is 103 Å². The predicted molar refractivity (Wildman–Crippen MR) is 161 cm³/mol. The van der Waals surface area contributed by atoms with Gasteiger partial charge in [0.15, 0.2) is 0 Å². The maximum atomic E-state index is 13.8. The van der Waals surface area contributed by atoms with Gasteiger partial charge in [0.1, 0.15) is 6.04 Å². The molecule has 202 valence electrons. The fraction of sp³-hybridized carbons (Fsp3) is 0.310. The molecule has 0 aliphatic rings. The number of hydrogen-bond acceptors (Lipinski definition) is 3. The van der Waals surface area contributed by atoms with Crippen LogP contribution in [0.4, 0.5) is 0 Å². The average molecular weight is 612 g/mol. The van der Waals surface area contributed by atoms with Gasteiger partial charge in [0.05, 0.1) is 5.75 Å². The molecule has 3 aromatic rings. The minimum Gasteiger partial charge on any atom is -0.354 e. The Morgan fingerprint density at radius 2 is 1.58 bits per heavy atom. The van der Waals surface area contributed by atoms with Crippen LogP contribution in [0.5, 0.6) is 0 Å². The molecule has 0 saturated carbocycles. The van der Waals surface area contributed by atoms with Crippen LogP contribution < -0.4 is 5.32 Å². The molecule has 3 rings (SSSR count). The van der Waals surface area contributed by atoms with E-state index in [4.69, 9.17) is 46.4 Å². The number of carbonyl (C=O) groups excluding carboxylic acids is 2. The van der Waals surface area contributed by atoms with Gasteiger partial charge in [0.2, 0.25) is 11.8 Å². The van der Waals surface area contributed by atoms with Crippen molar-refractivity contribution in [1.82, 2.24) is 10.2 Å². The van der Waals surface area contributed by atoms with Gasteiger partial charge in [-0.2, -0.15) is 0 Å². The van der Waals surface area contributed by atoms with E-state index in [1.54, 1.807) is 35.2 Å². The smallest absolute Gasteiger partial charge is 0.243 e. The normalized spacial score (nSPS) is 11.9. The zero-order valence-electron chi connectivity index (χ0n) is 21.2. The summed E-state index contributed by atoms with van der Waals surface area (Å²) in [6, 6.07) is 19.4. The van der Waals surface area contributed by atoms with Crippen molar-refractivity contribution in [1.29, 1.82) is 0 Å². The summed E-state index contributed by atoms with van der Waals surface area (Å²) in [6.45, 7) is 4.66. The van der Waals surface area contributed by atoms with Crippen molar-refractivity contribution in [3.05, 3.63) is 104 Å². The zero-order chi connectivity index (χ0) is 27.7. The van der Waals surface area contributed by atoms with Crippen molar-refractivity contribution < 1.29 is 9.59 Å². The number of thioether (sulfide) groups is 1. The number of rotatable bonds is 12. The molecule has 0 bridgehead atoms. The minimum absolute atomic E-state index is 0.103. The third-order valence-corrected chi connectivity index (χ3v) is 8.11. The molecule has 0 aliphatic carbocycles. The van der Waals surface area contributed by atoms with E-state index in [-0.39, 0.29) is 30.0 Å². The van der Waals surface area contributed by atoms with Crippen LogP contribution in [0.1, 0.15) is 30.5 Å². The van der Waals surface area contributed by atoms with Gasteiger partial charge in [-0.15, -0.1) is 11.8 Å². The summed E-state index contributed by atoms with van der Waals surface area (Å²) in [5, 5.41) is 5.00. The van der Waals surface area contributed by atoms with E-state index in [1.165, 1.54) is 11.8 Å². The quantitative estimate of drug-likeness (QED) is 0.226. The monoisotopic (exact) mass is 610 g/mol. The summed E-state index contributed by atoms with van der Waals surface area (Å²) in [7, 11) is 0. The number of carbonyl (C=O) groups is 2. The molecule has 0 fully saturated rings. The van der Waals surface area contributed by atoms with Crippen LogP contribution in [-0.4, -0.2) is 35.1 Å². The highest BCUT2D eigenvalue weighted by atomic mass is 35.5. The highest BCUT2D eigenvalue weighted by Crippen LogP contribution is 2.29. The molecular weight excluding hydrogens is 582 g/mol. The Morgan fingerprint density at radius 3 is 2.21 bits per heavy atom. The van der Waals surface area contributed by atoms with E-state index < -0.39 is 6.04 Å². The van der Waals surface area contributed by atoms with Gasteiger partial charge in [0, 0.05) is 50.9 Å². The molecule has 0 aliphatic heterocycles. The Labute approximate surface area is 249 Å². The van der Waals surface area contributed by atoms with Gasteiger partial charge in [-0.3, -0.25) is 9.59 Å². The molecule has 4 nitrogen and oxygen atoms in total. The van der Waals surface area contributed by atoms with Gasteiger partial charge in [-0.25, -0.2) is 0 Å². The lowest BCUT2D eigenvalue weighted by Crippen LogP contribution is -2.51. The van der Waals surface area contributed by atoms with Crippen LogP contribution in [0, 0.1) is 5.92 Å². The standard InChI is InChI=1S/C29H30Cl4N2O2S/c1-19(2)15-34-29(37)27(13-20-7-4-3-5-8-20)35(16-23-24(31)9-6-10-25(23)32)28(36)18-38-17-21-11-12-22(30)14-26(21)33/h3-12,14,19,27H,13,15-18H2,1-2H3,(H,34,37)/t27-/m1/s1. The topological polar surface area (TPSA) is 49.4 Å². The van der Waals surface area contributed by atoms with Gasteiger partial charge in [0.25, 0.3) is 0 Å². The molecule has 1 atom stereocenters. The second kappa shape index (κ2) is 15.0. The maximum absolute atomic E-state index is 13.8. The second-order valence-corrected chi connectivity index (χ2v) is 11.9. The highest BCUT2D eigenvalue weighted by molar-refractivity contribution is 7.99. The van der Waals surface area contributed by atoms with Crippen molar-refractivity contribution in [3.8, 4) is 0 Å². The number of benzene rings is 3. The predicted octanol–water partition coefficient (Wildman–Crippen LogP) is 7.95. The maximum Gasteiger partial charge on any atom is 0.243 e. The zero-order valence-corrected chi connectivity index (χ0v) is 25.1. The van der Waals surface area contributed by atoms with E-state index >= 15 is 0 Å². The first kappa shape index (κ1) is 30.6. The molecule has 0 radical (unpaired) electrons. The SMILES string of the molecule is CC(C)CNC(=O)[C@@H](Cc1ccccc1)N(Cc1c(Cl)cccc1Cl)C(=O)CSCc1ccc(Cl)cc1Cl. The van der Waals surface area contributed by atoms with E-state index in [0.29, 0.717) is 44.4 Å². The van der Waals surface area contributed by atoms with Crippen molar-refractivity contribution in [3.63, 3.8) is 0 Å². The summed E-state index contributed by atoms with van der Waals surface area (Å²) in [6.07, 6.45) is 0.353. The summed E-state index contributed by atoms with van der Waals surface area (Å²) >= 11 is 26.7. The number of halogens is 4. The number of amides is 2. The molecule has 2 amide bonds. The minimum atomic E-state index is -0.754. The van der Waals surface area contributed by atoms with Crippen LogP contribution in [0.15, 0.2) is 66.7 Å². The lowest BCUT2D eigenvalue weighted by atomic mass is 10.0. The Morgan fingerprint density at radius 1 is 0.895 bits per heavy atom. The molecule has 0 heterocycles. The van der Waals surface area contributed by atoms with Gasteiger partial charge >= 0.3 is 0 Å². The van der Waals surface area contributed by atoms with E-state index in [1.807, 2.05) is 50.2 Å². The Hall–Kier alpha value is -1.89. The molecular formula is C29H30Cl4N2O2S. The lowest BCUT2D eigenvalue weighted by Gasteiger charge is -2.32. The molecule has 1 N–H and O–H groups in total. The lowest BCUT2D eigenvalue weighted by molar-refractivity contribution is -0.139. The van der Waals surface area contributed by atoms with Crippen molar-refractivity contribution >= 4 is 70.0 Å². The van der Waals surface area contributed by atoms with Gasteiger partial charge < -0.3 is 10.2 Å².